The molecule has 1 atom stereocenters. The molecule has 0 amide bonds. The third-order valence-electron chi connectivity index (χ3n) is 5.21. The van der Waals surface area contributed by atoms with Gasteiger partial charge < -0.3 is 24.1 Å². The molecule has 1 saturated heterocycles. The smallest absolute Gasteiger partial charge is 0.358 e. The van der Waals surface area contributed by atoms with Crippen LogP contribution in [-0.4, -0.2) is 29.0 Å². The molecular weight excluding hydrogens is 422 g/mol. The molecule has 0 saturated carbocycles. The zero-order chi connectivity index (χ0) is 22.9. The number of nitrogens with zero attached hydrogens (tertiary/aromatic N) is 1. The van der Waals surface area contributed by atoms with Crippen LogP contribution in [0.25, 0.3) is 0 Å². The van der Waals surface area contributed by atoms with Gasteiger partial charge in [0, 0.05) is 12.7 Å². The Labute approximate surface area is 192 Å². The summed E-state index contributed by atoms with van der Waals surface area (Å²) < 4.78 is 23.4. The van der Waals surface area contributed by atoms with E-state index < -0.39 is 5.97 Å². The summed E-state index contributed by atoms with van der Waals surface area (Å²) in [6.45, 7) is 1.23. The van der Waals surface area contributed by atoms with E-state index >= 15 is 0 Å². The maximum Gasteiger partial charge on any atom is 0.358 e. The molecule has 1 aliphatic heterocycles. The zero-order valence-corrected chi connectivity index (χ0v) is 18.3. The summed E-state index contributed by atoms with van der Waals surface area (Å²) in [5.74, 6) is -0.788. The molecule has 0 aliphatic carbocycles. The van der Waals surface area contributed by atoms with E-state index in [-0.39, 0.29) is 37.6 Å². The van der Waals surface area contributed by atoms with E-state index in [9.17, 15) is 9.90 Å². The fraction of sp³-hybridized carbons (Fsp3) is 0.308. The largest absolute Gasteiger partial charge is 0.485 e. The highest BCUT2D eigenvalue weighted by Crippen LogP contribution is 2.33. The predicted molar refractivity (Wildman–Crippen MR) is 121 cm³/mol. The quantitative estimate of drug-likeness (QED) is 0.467. The molecule has 2 aromatic carbocycles. The maximum absolute atomic E-state index is 12.1. The number of aromatic carboxylic acids is 1. The molecule has 0 spiro atoms. The van der Waals surface area contributed by atoms with Gasteiger partial charge in [0.25, 0.3) is 0 Å². The Morgan fingerprint density at radius 1 is 0.939 bits per heavy atom. The van der Waals surface area contributed by atoms with Crippen molar-refractivity contribution in [1.29, 1.82) is 0 Å². The molecule has 1 aromatic heterocycles. The third-order valence-corrected chi connectivity index (χ3v) is 5.21. The molecule has 2 heterocycles. The number of hydrogen-bond donors (Lipinski definition) is 1. The van der Waals surface area contributed by atoms with Crippen LogP contribution in [-0.2, 0) is 29.3 Å². The van der Waals surface area contributed by atoms with Gasteiger partial charge >= 0.3 is 5.97 Å². The second kappa shape index (κ2) is 11.4. The van der Waals surface area contributed by atoms with Gasteiger partial charge in [0.05, 0.1) is 12.3 Å². The van der Waals surface area contributed by atoms with Crippen LogP contribution in [0.2, 0.25) is 0 Å². The summed E-state index contributed by atoms with van der Waals surface area (Å²) in [7, 11) is 0. The average molecular weight is 450 g/mol. The van der Waals surface area contributed by atoms with Crippen molar-refractivity contribution in [1.82, 2.24) is 4.98 Å². The minimum absolute atomic E-state index is 0.0972. The Morgan fingerprint density at radius 3 is 2.21 bits per heavy atom. The molecule has 7 heteroatoms. The molecule has 1 N–H and O–H groups in total. The van der Waals surface area contributed by atoms with Crippen LogP contribution >= 0.6 is 0 Å². The van der Waals surface area contributed by atoms with Crippen LogP contribution in [0.4, 0.5) is 0 Å². The second-order valence-corrected chi connectivity index (χ2v) is 7.75. The van der Waals surface area contributed by atoms with Crippen LogP contribution in [0.5, 0.6) is 11.5 Å². The number of pyridine rings is 1. The monoisotopic (exact) mass is 449 g/mol. The molecular formula is C26H27NO6. The summed E-state index contributed by atoms with van der Waals surface area (Å²) in [6, 6.07) is 20.8. The summed E-state index contributed by atoms with van der Waals surface area (Å²) in [5.41, 5.74) is 2.09. The molecule has 7 nitrogen and oxygen atoms in total. The maximum atomic E-state index is 12.1. The topological polar surface area (TPSA) is 87.1 Å². The van der Waals surface area contributed by atoms with E-state index in [4.69, 9.17) is 18.9 Å². The highest BCUT2D eigenvalue weighted by molar-refractivity contribution is 5.89. The lowest BCUT2D eigenvalue weighted by molar-refractivity contribution is -0.169. The third kappa shape index (κ3) is 6.54. The molecule has 0 radical (unpaired) electrons. The molecule has 0 bridgehead atoms. The van der Waals surface area contributed by atoms with E-state index in [0.717, 1.165) is 30.4 Å². The molecule has 4 rings (SSSR count). The van der Waals surface area contributed by atoms with Gasteiger partial charge in [-0.15, -0.1) is 0 Å². The number of aromatic nitrogens is 1. The van der Waals surface area contributed by atoms with Gasteiger partial charge in [-0.1, -0.05) is 60.7 Å². The Morgan fingerprint density at radius 2 is 1.61 bits per heavy atom. The van der Waals surface area contributed by atoms with Gasteiger partial charge in [0.15, 0.2) is 23.5 Å². The van der Waals surface area contributed by atoms with Crippen molar-refractivity contribution in [3.05, 3.63) is 89.2 Å². The van der Waals surface area contributed by atoms with Gasteiger partial charge in [0.2, 0.25) is 0 Å². The minimum atomic E-state index is -1.20. The number of carboxylic acid groups (broad SMARTS) is 1. The first-order valence-electron chi connectivity index (χ1n) is 11.0. The molecule has 33 heavy (non-hydrogen) atoms. The van der Waals surface area contributed by atoms with Gasteiger partial charge in [-0.3, -0.25) is 0 Å². The zero-order valence-electron chi connectivity index (χ0n) is 18.3. The van der Waals surface area contributed by atoms with Crippen molar-refractivity contribution in [2.24, 2.45) is 0 Å². The van der Waals surface area contributed by atoms with Crippen LogP contribution in [0.1, 0.15) is 46.6 Å². The van der Waals surface area contributed by atoms with Crippen LogP contribution in [0.15, 0.2) is 66.7 Å². The van der Waals surface area contributed by atoms with Gasteiger partial charge in [-0.05, 0) is 30.4 Å². The van der Waals surface area contributed by atoms with E-state index in [1.54, 1.807) is 6.07 Å². The molecule has 1 aliphatic rings. The lowest BCUT2D eigenvalue weighted by Crippen LogP contribution is -2.22. The van der Waals surface area contributed by atoms with Crippen LogP contribution in [0, 0.1) is 0 Å². The lowest BCUT2D eigenvalue weighted by Gasteiger charge is -2.23. The number of rotatable bonds is 10. The van der Waals surface area contributed by atoms with Crippen molar-refractivity contribution >= 4 is 5.97 Å². The van der Waals surface area contributed by atoms with Crippen LogP contribution < -0.4 is 9.47 Å². The molecule has 3 aromatic rings. The second-order valence-electron chi connectivity index (χ2n) is 7.75. The van der Waals surface area contributed by atoms with Gasteiger partial charge in [0.1, 0.15) is 13.2 Å². The standard InChI is InChI=1S/C26H27NO6/c28-26(29)24-25(33-17-20-11-5-2-6-12-20)22(31-16-19-9-3-1-4-10-19)15-21(27-24)18-32-23-13-7-8-14-30-23/h1-6,9-12,15,23H,7-8,13-14,16-18H2,(H,28,29). The number of hydrogen-bond acceptors (Lipinski definition) is 6. The van der Waals surface area contributed by atoms with E-state index in [2.05, 4.69) is 4.98 Å². The van der Waals surface area contributed by atoms with Crippen LogP contribution in [0.3, 0.4) is 0 Å². The SMILES string of the molecule is O=C(O)c1nc(COC2CCCCO2)cc(OCc2ccccc2)c1OCc1ccccc1. The molecule has 1 unspecified atom stereocenters. The first kappa shape index (κ1) is 22.8. The molecule has 172 valence electrons. The fourth-order valence-electron chi connectivity index (χ4n) is 3.51. The summed E-state index contributed by atoms with van der Waals surface area (Å²) in [6.07, 6.45) is 2.56. The first-order valence-corrected chi connectivity index (χ1v) is 11.0. The Hall–Kier alpha value is -3.42. The van der Waals surface area contributed by atoms with Crippen molar-refractivity contribution in [3.8, 4) is 11.5 Å². The van der Waals surface area contributed by atoms with Crippen molar-refractivity contribution in [2.75, 3.05) is 6.61 Å². The normalized spacial score (nSPS) is 15.7. The number of carboxylic acids is 1. The number of carbonyl (C=O) groups is 1. The predicted octanol–water partition coefficient (Wildman–Crippen LogP) is 4.98. The highest BCUT2D eigenvalue weighted by atomic mass is 16.7. The van der Waals surface area contributed by atoms with Gasteiger partial charge in [-0.25, -0.2) is 9.78 Å². The summed E-state index contributed by atoms with van der Waals surface area (Å²) in [5, 5.41) is 9.85. The van der Waals surface area contributed by atoms with Gasteiger partial charge in [-0.2, -0.15) is 0 Å². The minimum Gasteiger partial charge on any atom is -0.485 e. The van der Waals surface area contributed by atoms with E-state index in [1.807, 2.05) is 60.7 Å². The highest BCUT2D eigenvalue weighted by Gasteiger charge is 2.23. The Bertz CT molecular complexity index is 1040. The Balaban J connectivity index is 1.58. The van der Waals surface area contributed by atoms with E-state index in [0.29, 0.717) is 18.1 Å². The lowest BCUT2D eigenvalue weighted by atomic mass is 10.2. The fourth-order valence-corrected chi connectivity index (χ4v) is 3.51. The molecule has 1 fully saturated rings. The Kier molecular flexibility index (Phi) is 7.90. The van der Waals surface area contributed by atoms with Crippen molar-refractivity contribution < 1.29 is 28.8 Å². The average Bonchev–Trinajstić information content (AvgIpc) is 2.87. The van der Waals surface area contributed by atoms with Crippen molar-refractivity contribution in [2.45, 2.75) is 45.4 Å². The summed E-state index contributed by atoms with van der Waals surface area (Å²) in [4.78, 5) is 16.4. The van der Waals surface area contributed by atoms with Crippen molar-refractivity contribution in [3.63, 3.8) is 0 Å². The van der Waals surface area contributed by atoms with E-state index in [1.165, 1.54) is 0 Å². The first-order chi connectivity index (χ1) is 16.2. The number of ether oxygens (including phenoxy) is 4. The summed E-state index contributed by atoms with van der Waals surface area (Å²) >= 11 is 0. The number of benzene rings is 2.